The summed E-state index contributed by atoms with van der Waals surface area (Å²) in [6.07, 6.45) is 0. The van der Waals surface area contributed by atoms with E-state index in [1.54, 1.807) is 17.5 Å². The Kier molecular flexibility index (Phi) is 5.76. The van der Waals surface area contributed by atoms with E-state index < -0.39 is 28.4 Å². The van der Waals surface area contributed by atoms with Gasteiger partial charge in [-0.25, -0.2) is 8.42 Å². The quantitative estimate of drug-likeness (QED) is 0.753. The molecule has 0 fully saturated rings. The molecule has 124 valence electrons. The molecule has 0 saturated heterocycles. The van der Waals surface area contributed by atoms with Crippen LogP contribution in [0.4, 0.5) is 0 Å². The highest BCUT2D eigenvalue weighted by Gasteiger charge is 2.24. The number of thiophene rings is 2. The molecule has 0 aliphatic carbocycles. The molecule has 11 heteroatoms. The van der Waals surface area contributed by atoms with Crippen molar-refractivity contribution in [1.29, 1.82) is 0 Å². The summed E-state index contributed by atoms with van der Waals surface area (Å²) in [6.45, 7) is -0.442. The highest BCUT2D eigenvalue weighted by molar-refractivity contribution is 7.91. The molecule has 7 nitrogen and oxygen atoms in total. The van der Waals surface area contributed by atoms with Gasteiger partial charge in [-0.3, -0.25) is 20.4 Å². The standard InChI is InChI=1S/C12H12ClN3O4S3/c1-16(23(19,20)11-5-4-9(13)22-11)7-10(17)14-15-12(18)8-3-2-6-21-8/h2-6H,7H2,1H3,(H,14,17)(H,15,18). The third-order valence-electron chi connectivity index (χ3n) is 2.64. The van der Waals surface area contributed by atoms with Crippen molar-refractivity contribution < 1.29 is 18.0 Å². The number of nitrogens with zero attached hydrogens (tertiary/aromatic N) is 1. The smallest absolute Gasteiger partial charge is 0.272 e. The molecule has 0 bridgehead atoms. The van der Waals surface area contributed by atoms with Gasteiger partial charge in [-0.05, 0) is 23.6 Å². The Labute approximate surface area is 145 Å². The minimum atomic E-state index is -3.80. The number of hydrogen-bond donors (Lipinski definition) is 2. The normalized spacial score (nSPS) is 11.4. The number of rotatable bonds is 5. The summed E-state index contributed by atoms with van der Waals surface area (Å²) >= 11 is 7.84. The van der Waals surface area contributed by atoms with Crippen molar-refractivity contribution in [3.8, 4) is 0 Å². The molecule has 0 radical (unpaired) electrons. The van der Waals surface area contributed by atoms with Crippen molar-refractivity contribution in [3.63, 3.8) is 0 Å². The van der Waals surface area contributed by atoms with Gasteiger partial charge in [0.15, 0.2) is 0 Å². The van der Waals surface area contributed by atoms with Gasteiger partial charge in [0.25, 0.3) is 21.8 Å². The van der Waals surface area contributed by atoms with E-state index >= 15 is 0 Å². The zero-order valence-corrected chi connectivity index (χ0v) is 15.0. The average Bonchev–Trinajstić information content (AvgIpc) is 3.15. The van der Waals surface area contributed by atoms with Crippen molar-refractivity contribution in [1.82, 2.24) is 15.2 Å². The van der Waals surface area contributed by atoms with Crippen molar-refractivity contribution in [2.45, 2.75) is 4.21 Å². The van der Waals surface area contributed by atoms with Crippen LogP contribution in [-0.2, 0) is 14.8 Å². The first kappa shape index (κ1) is 17.9. The Morgan fingerprint density at radius 1 is 1.26 bits per heavy atom. The minimum Gasteiger partial charge on any atom is -0.272 e. The molecular weight excluding hydrogens is 382 g/mol. The lowest BCUT2D eigenvalue weighted by Gasteiger charge is -2.15. The van der Waals surface area contributed by atoms with Crippen LogP contribution in [0, 0.1) is 0 Å². The van der Waals surface area contributed by atoms with Gasteiger partial charge in [0, 0.05) is 7.05 Å². The summed E-state index contributed by atoms with van der Waals surface area (Å²) in [5.41, 5.74) is 4.39. The molecule has 2 aromatic heterocycles. The van der Waals surface area contributed by atoms with Crippen LogP contribution in [0.25, 0.3) is 0 Å². The first-order valence-corrected chi connectivity index (χ1v) is 9.66. The third-order valence-corrected chi connectivity index (χ3v) is 7.01. The number of carbonyl (C=O) groups is 2. The summed E-state index contributed by atoms with van der Waals surface area (Å²) in [7, 11) is -2.53. The van der Waals surface area contributed by atoms with E-state index in [1.165, 1.54) is 30.5 Å². The summed E-state index contributed by atoms with van der Waals surface area (Å²) in [5.74, 6) is -1.13. The molecule has 0 spiro atoms. The average molecular weight is 394 g/mol. The Balaban J connectivity index is 1.91. The van der Waals surface area contributed by atoms with Crippen molar-refractivity contribution in [2.24, 2.45) is 0 Å². The fourth-order valence-corrected chi connectivity index (χ4v) is 4.95. The van der Waals surface area contributed by atoms with Crippen LogP contribution in [0.15, 0.2) is 33.9 Å². The van der Waals surface area contributed by atoms with Crippen LogP contribution < -0.4 is 10.9 Å². The highest BCUT2D eigenvalue weighted by atomic mass is 35.5. The maximum absolute atomic E-state index is 12.2. The van der Waals surface area contributed by atoms with Crippen molar-refractivity contribution in [3.05, 3.63) is 38.9 Å². The van der Waals surface area contributed by atoms with Gasteiger partial charge in [-0.15, -0.1) is 22.7 Å². The second-order valence-electron chi connectivity index (χ2n) is 4.30. The van der Waals surface area contributed by atoms with E-state index in [9.17, 15) is 18.0 Å². The molecule has 0 atom stereocenters. The number of hydrazine groups is 1. The molecule has 0 aliphatic rings. The number of likely N-dealkylation sites (N-methyl/N-ethyl adjacent to an activating group) is 1. The number of halogens is 1. The van der Waals surface area contributed by atoms with Crippen LogP contribution >= 0.6 is 34.3 Å². The number of hydrogen-bond acceptors (Lipinski definition) is 6. The number of carbonyl (C=O) groups excluding carboxylic acids is 2. The third kappa shape index (κ3) is 4.52. The SMILES string of the molecule is CN(CC(=O)NNC(=O)c1cccs1)S(=O)(=O)c1ccc(Cl)s1. The minimum absolute atomic E-state index is 0.0421. The van der Waals surface area contributed by atoms with E-state index in [2.05, 4.69) is 10.9 Å². The molecule has 0 saturated carbocycles. The molecule has 2 aromatic rings. The zero-order valence-electron chi connectivity index (χ0n) is 11.8. The lowest BCUT2D eigenvalue weighted by atomic mass is 10.4. The maximum atomic E-state index is 12.2. The molecule has 2 rings (SSSR count). The second kappa shape index (κ2) is 7.41. The highest BCUT2D eigenvalue weighted by Crippen LogP contribution is 2.27. The molecular formula is C12H12ClN3O4S3. The predicted molar refractivity (Wildman–Crippen MR) is 89.1 cm³/mol. The number of amides is 2. The Morgan fingerprint density at radius 3 is 2.57 bits per heavy atom. The molecule has 0 aliphatic heterocycles. The van der Waals surface area contributed by atoms with Gasteiger partial charge in [0.05, 0.1) is 15.8 Å². The van der Waals surface area contributed by atoms with Gasteiger partial charge in [-0.1, -0.05) is 17.7 Å². The Bertz CT molecular complexity index is 801. The van der Waals surface area contributed by atoms with E-state index in [0.717, 1.165) is 15.6 Å². The maximum Gasteiger partial charge on any atom is 0.279 e. The van der Waals surface area contributed by atoms with Gasteiger partial charge < -0.3 is 0 Å². The Morgan fingerprint density at radius 2 is 2.00 bits per heavy atom. The van der Waals surface area contributed by atoms with E-state index in [0.29, 0.717) is 9.21 Å². The summed E-state index contributed by atoms with van der Waals surface area (Å²) in [4.78, 5) is 23.8. The molecule has 2 amide bonds. The molecule has 23 heavy (non-hydrogen) atoms. The molecule has 0 aromatic carbocycles. The molecule has 0 unspecified atom stereocenters. The van der Waals surface area contributed by atoms with Crippen molar-refractivity contribution >= 4 is 56.1 Å². The van der Waals surface area contributed by atoms with E-state index in [-0.39, 0.29) is 4.21 Å². The number of sulfonamides is 1. The first-order valence-electron chi connectivity index (χ1n) is 6.15. The van der Waals surface area contributed by atoms with Gasteiger partial charge >= 0.3 is 0 Å². The predicted octanol–water partition coefficient (Wildman–Crippen LogP) is 1.54. The van der Waals surface area contributed by atoms with Crippen LogP contribution in [0.1, 0.15) is 9.67 Å². The number of nitrogens with one attached hydrogen (secondary N) is 2. The van der Waals surface area contributed by atoms with Gasteiger partial charge in [-0.2, -0.15) is 4.31 Å². The monoisotopic (exact) mass is 393 g/mol. The topological polar surface area (TPSA) is 95.6 Å². The van der Waals surface area contributed by atoms with Crippen LogP contribution in [0.2, 0.25) is 4.34 Å². The Hall–Kier alpha value is -1.46. The van der Waals surface area contributed by atoms with Crippen molar-refractivity contribution in [2.75, 3.05) is 13.6 Å². The lowest BCUT2D eigenvalue weighted by molar-refractivity contribution is -0.121. The second-order valence-corrected chi connectivity index (χ2v) is 9.23. The largest absolute Gasteiger partial charge is 0.279 e. The molecule has 2 heterocycles. The van der Waals surface area contributed by atoms with Crippen LogP contribution in [-0.4, -0.2) is 38.1 Å². The first-order chi connectivity index (χ1) is 10.8. The van der Waals surface area contributed by atoms with Crippen LogP contribution in [0.5, 0.6) is 0 Å². The van der Waals surface area contributed by atoms with Gasteiger partial charge in [0.1, 0.15) is 4.21 Å². The van der Waals surface area contributed by atoms with E-state index in [1.807, 2.05) is 0 Å². The van der Waals surface area contributed by atoms with Crippen LogP contribution in [0.3, 0.4) is 0 Å². The fraction of sp³-hybridized carbons (Fsp3) is 0.167. The van der Waals surface area contributed by atoms with E-state index in [4.69, 9.17) is 11.6 Å². The summed E-state index contributed by atoms with van der Waals surface area (Å²) in [6, 6.07) is 6.14. The lowest BCUT2D eigenvalue weighted by Crippen LogP contribution is -2.46. The van der Waals surface area contributed by atoms with Gasteiger partial charge in [0.2, 0.25) is 0 Å². The summed E-state index contributed by atoms with van der Waals surface area (Å²) < 4.78 is 25.7. The molecule has 2 N–H and O–H groups in total. The summed E-state index contributed by atoms with van der Waals surface area (Å²) in [5, 5.41) is 1.73. The fourth-order valence-electron chi connectivity index (χ4n) is 1.51. The zero-order chi connectivity index (χ0) is 17.0.